The van der Waals surface area contributed by atoms with E-state index in [0.717, 1.165) is 12.1 Å². The molecule has 2 aromatic heterocycles. The highest BCUT2D eigenvalue weighted by Gasteiger charge is 2.08. The summed E-state index contributed by atoms with van der Waals surface area (Å²) in [6.45, 7) is 4.27. The van der Waals surface area contributed by atoms with Gasteiger partial charge in [-0.1, -0.05) is 25.4 Å². The fourth-order valence-corrected chi connectivity index (χ4v) is 1.71. The van der Waals surface area contributed by atoms with Crippen LogP contribution in [-0.4, -0.2) is 19.9 Å². The molecule has 0 spiro atoms. The van der Waals surface area contributed by atoms with Gasteiger partial charge in [0, 0.05) is 18.1 Å². The molecule has 2 rings (SSSR count). The Kier molecular flexibility index (Phi) is 3.64. The molecule has 5 heteroatoms. The van der Waals surface area contributed by atoms with E-state index in [2.05, 4.69) is 33.8 Å². The number of halogens is 1. The Hall–Kier alpha value is -1.55. The van der Waals surface area contributed by atoms with E-state index < -0.39 is 0 Å². The van der Waals surface area contributed by atoms with Crippen LogP contribution in [0.25, 0.3) is 11.6 Å². The Labute approximate surface area is 105 Å². The van der Waals surface area contributed by atoms with Gasteiger partial charge in [0.15, 0.2) is 11.6 Å². The third-order valence-corrected chi connectivity index (χ3v) is 2.32. The molecule has 88 valence electrons. The first-order valence-corrected chi connectivity index (χ1v) is 5.84. The van der Waals surface area contributed by atoms with Gasteiger partial charge in [0.2, 0.25) is 0 Å². The van der Waals surface area contributed by atoms with Gasteiger partial charge in [-0.05, 0) is 24.5 Å². The average molecular weight is 249 g/mol. The summed E-state index contributed by atoms with van der Waals surface area (Å²) < 4.78 is 0. The summed E-state index contributed by atoms with van der Waals surface area (Å²) in [5.74, 6) is 1.50. The molecule has 0 saturated heterocycles. The van der Waals surface area contributed by atoms with Crippen LogP contribution < -0.4 is 0 Å². The highest BCUT2D eigenvalue weighted by Crippen LogP contribution is 2.16. The fourth-order valence-electron chi connectivity index (χ4n) is 1.50. The maximum Gasteiger partial charge on any atom is 0.199 e. The van der Waals surface area contributed by atoms with Gasteiger partial charge in [-0.15, -0.1) is 0 Å². The Morgan fingerprint density at radius 1 is 1.12 bits per heavy atom. The lowest BCUT2D eigenvalue weighted by Gasteiger charge is -2.06. The summed E-state index contributed by atoms with van der Waals surface area (Å²) in [5, 5.41) is 0.429. The standard InChI is InChI=1S/C12H13ClN4/c1-8(2)6-9-7-10(13)17-12(16-9)11-14-4-3-5-15-11/h3-5,7-8H,6H2,1-2H3. The molecule has 0 bridgehead atoms. The molecule has 4 nitrogen and oxygen atoms in total. The van der Waals surface area contributed by atoms with E-state index in [1.807, 2.05) is 0 Å². The zero-order valence-electron chi connectivity index (χ0n) is 9.76. The van der Waals surface area contributed by atoms with Crippen molar-refractivity contribution in [3.63, 3.8) is 0 Å². The minimum absolute atomic E-state index is 0.429. The predicted molar refractivity (Wildman–Crippen MR) is 66.6 cm³/mol. The Morgan fingerprint density at radius 2 is 1.82 bits per heavy atom. The number of hydrogen-bond donors (Lipinski definition) is 0. The molecule has 0 N–H and O–H groups in total. The summed E-state index contributed by atoms with van der Waals surface area (Å²) in [6, 6.07) is 3.54. The molecule has 0 amide bonds. The molecule has 0 aromatic carbocycles. The van der Waals surface area contributed by atoms with Crippen LogP contribution in [0, 0.1) is 5.92 Å². The predicted octanol–water partition coefficient (Wildman–Crippen LogP) is 2.79. The molecule has 17 heavy (non-hydrogen) atoms. The van der Waals surface area contributed by atoms with Gasteiger partial charge < -0.3 is 0 Å². The topological polar surface area (TPSA) is 51.6 Å². The van der Waals surface area contributed by atoms with Crippen LogP contribution in [0.4, 0.5) is 0 Å². The molecule has 0 aliphatic heterocycles. The normalized spacial score (nSPS) is 10.8. The van der Waals surface area contributed by atoms with Crippen molar-refractivity contribution in [1.29, 1.82) is 0 Å². The second kappa shape index (κ2) is 5.19. The van der Waals surface area contributed by atoms with Gasteiger partial charge in [-0.3, -0.25) is 0 Å². The number of rotatable bonds is 3. The van der Waals surface area contributed by atoms with Gasteiger partial charge in [-0.25, -0.2) is 19.9 Å². The van der Waals surface area contributed by atoms with E-state index in [1.54, 1.807) is 24.5 Å². The van der Waals surface area contributed by atoms with Crippen LogP contribution in [0.5, 0.6) is 0 Å². The second-order valence-corrected chi connectivity index (χ2v) is 4.56. The zero-order valence-corrected chi connectivity index (χ0v) is 10.5. The minimum atomic E-state index is 0.429. The largest absolute Gasteiger partial charge is 0.234 e. The van der Waals surface area contributed by atoms with Crippen LogP contribution in [0.3, 0.4) is 0 Å². The SMILES string of the molecule is CC(C)Cc1cc(Cl)nc(-c2ncccn2)n1. The lowest BCUT2D eigenvalue weighted by atomic mass is 10.1. The minimum Gasteiger partial charge on any atom is -0.234 e. The van der Waals surface area contributed by atoms with E-state index in [9.17, 15) is 0 Å². The number of nitrogens with zero attached hydrogens (tertiary/aromatic N) is 4. The lowest BCUT2D eigenvalue weighted by Crippen LogP contribution is -2.02. The van der Waals surface area contributed by atoms with Gasteiger partial charge in [0.25, 0.3) is 0 Å². The first kappa shape index (κ1) is 11.9. The highest BCUT2D eigenvalue weighted by molar-refractivity contribution is 6.29. The van der Waals surface area contributed by atoms with Crippen LogP contribution in [0.15, 0.2) is 24.5 Å². The number of hydrogen-bond acceptors (Lipinski definition) is 4. The van der Waals surface area contributed by atoms with Gasteiger partial charge in [0.1, 0.15) is 5.15 Å². The van der Waals surface area contributed by atoms with Gasteiger partial charge in [0.05, 0.1) is 0 Å². The van der Waals surface area contributed by atoms with Crippen molar-refractivity contribution in [1.82, 2.24) is 19.9 Å². The summed E-state index contributed by atoms with van der Waals surface area (Å²) in [6.07, 6.45) is 4.19. The van der Waals surface area contributed by atoms with Crippen molar-refractivity contribution in [2.45, 2.75) is 20.3 Å². The molecule has 2 aromatic rings. The monoisotopic (exact) mass is 248 g/mol. The third kappa shape index (κ3) is 3.20. The molecular formula is C12H13ClN4. The van der Waals surface area contributed by atoms with E-state index in [-0.39, 0.29) is 0 Å². The average Bonchev–Trinajstić information content (AvgIpc) is 2.28. The fraction of sp³-hybridized carbons (Fsp3) is 0.333. The molecule has 0 atom stereocenters. The quantitative estimate of drug-likeness (QED) is 0.784. The second-order valence-electron chi connectivity index (χ2n) is 4.18. The molecule has 0 unspecified atom stereocenters. The van der Waals surface area contributed by atoms with Gasteiger partial charge in [-0.2, -0.15) is 0 Å². The van der Waals surface area contributed by atoms with Crippen LogP contribution in [0.2, 0.25) is 5.15 Å². The first-order valence-electron chi connectivity index (χ1n) is 5.46. The van der Waals surface area contributed by atoms with Crippen molar-refractivity contribution >= 4 is 11.6 Å². The molecule has 0 aliphatic rings. The lowest BCUT2D eigenvalue weighted by molar-refractivity contribution is 0.634. The summed E-state index contributed by atoms with van der Waals surface area (Å²) in [4.78, 5) is 16.8. The molecule has 0 fully saturated rings. The Morgan fingerprint density at radius 3 is 2.47 bits per heavy atom. The summed E-state index contributed by atoms with van der Waals surface area (Å²) >= 11 is 5.98. The Bertz CT molecular complexity index is 499. The zero-order chi connectivity index (χ0) is 12.3. The van der Waals surface area contributed by atoms with E-state index in [0.29, 0.717) is 22.7 Å². The van der Waals surface area contributed by atoms with Crippen LogP contribution in [-0.2, 0) is 6.42 Å². The van der Waals surface area contributed by atoms with Crippen molar-refractivity contribution in [3.8, 4) is 11.6 Å². The van der Waals surface area contributed by atoms with Crippen molar-refractivity contribution in [2.24, 2.45) is 5.92 Å². The van der Waals surface area contributed by atoms with E-state index in [1.165, 1.54) is 0 Å². The van der Waals surface area contributed by atoms with Crippen molar-refractivity contribution in [2.75, 3.05) is 0 Å². The number of aromatic nitrogens is 4. The van der Waals surface area contributed by atoms with E-state index >= 15 is 0 Å². The first-order chi connectivity index (χ1) is 8.15. The maximum absolute atomic E-state index is 5.98. The summed E-state index contributed by atoms with van der Waals surface area (Å²) in [5.41, 5.74) is 0.919. The smallest absolute Gasteiger partial charge is 0.199 e. The molecule has 0 saturated carbocycles. The third-order valence-electron chi connectivity index (χ3n) is 2.13. The van der Waals surface area contributed by atoms with Gasteiger partial charge >= 0.3 is 0 Å². The molecule has 0 radical (unpaired) electrons. The molecule has 0 aliphatic carbocycles. The molecular weight excluding hydrogens is 236 g/mol. The maximum atomic E-state index is 5.98. The molecule has 2 heterocycles. The van der Waals surface area contributed by atoms with Crippen molar-refractivity contribution in [3.05, 3.63) is 35.4 Å². The Balaban J connectivity index is 2.38. The highest BCUT2D eigenvalue weighted by atomic mass is 35.5. The summed E-state index contributed by atoms with van der Waals surface area (Å²) in [7, 11) is 0. The van der Waals surface area contributed by atoms with Crippen LogP contribution >= 0.6 is 11.6 Å². The van der Waals surface area contributed by atoms with Crippen molar-refractivity contribution < 1.29 is 0 Å². The van der Waals surface area contributed by atoms with E-state index in [4.69, 9.17) is 11.6 Å². The van der Waals surface area contributed by atoms with Crippen LogP contribution in [0.1, 0.15) is 19.5 Å².